The van der Waals surface area contributed by atoms with Crippen LogP contribution in [0.2, 0.25) is 0 Å². The number of hydrogen-bond donors (Lipinski definition) is 1. The minimum absolute atomic E-state index is 0.307. The van der Waals surface area contributed by atoms with Gasteiger partial charge in [0.25, 0.3) is 0 Å². The van der Waals surface area contributed by atoms with Crippen LogP contribution in [0.15, 0.2) is 24.3 Å². The topological polar surface area (TPSA) is 37.3 Å². The summed E-state index contributed by atoms with van der Waals surface area (Å²) in [6, 6.07) is 6.39. The van der Waals surface area contributed by atoms with Gasteiger partial charge in [0, 0.05) is 5.41 Å². The zero-order chi connectivity index (χ0) is 10.3. The summed E-state index contributed by atoms with van der Waals surface area (Å²) < 4.78 is 13.4. The van der Waals surface area contributed by atoms with Gasteiger partial charge in [0.15, 0.2) is 0 Å². The monoisotopic (exact) mass is 194 g/mol. The lowest BCUT2D eigenvalue weighted by Crippen LogP contribution is -2.12. The van der Waals surface area contributed by atoms with Gasteiger partial charge in [0.1, 0.15) is 5.82 Å². The van der Waals surface area contributed by atoms with E-state index in [9.17, 15) is 9.18 Å². The summed E-state index contributed by atoms with van der Waals surface area (Å²) in [4.78, 5) is 10.7. The van der Waals surface area contributed by atoms with Crippen LogP contribution < -0.4 is 0 Å². The van der Waals surface area contributed by atoms with Crippen molar-refractivity contribution in [2.75, 3.05) is 0 Å². The summed E-state index contributed by atoms with van der Waals surface area (Å²) >= 11 is 0. The van der Waals surface area contributed by atoms with Gasteiger partial charge in [-0.3, -0.25) is 4.79 Å². The third kappa shape index (κ3) is 1.20. The van der Waals surface area contributed by atoms with E-state index < -0.39 is 17.3 Å². The summed E-state index contributed by atoms with van der Waals surface area (Å²) in [5.41, 5.74) is 0.0179. The van der Waals surface area contributed by atoms with Gasteiger partial charge in [0.05, 0.1) is 5.92 Å². The first-order chi connectivity index (χ1) is 6.55. The van der Waals surface area contributed by atoms with Crippen molar-refractivity contribution in [2.45, 2.75) is 18.8 Å². The van der Waals surface area contributed by atoms with Crippen molar-refractivity contribution in [1.82, 2.24) is 0 Å². The molecule has 0 aromatic heterocycles. The van der Waals surface area contributed by atoms with Gasteiger partial charge in [-0.2, -0.15) is 0 Å². The van der Waals surface area contributed by atoms with Gasteiger partial charge >= 0.3 is 5.97 Å². The number of hydrogen-bond acceptors (Lipinski definition) is 1. The molecule has 0 heterocycles. The molecule has 1 fully saturated rings. The number of aliphatic carboxylic acids is 1. The molecule has 1 N–H and O–H groups in total. The van der Waals surface area contributed by atoms with E-state index in [0.29, 0.717) is 12.0 Å². The number of rotatable bonds is 2. The Morgan fingerprint density at radius 2 is 2.21 bits per heavy atom. The van der Waals surface area contributed by atoms with E-state index in [1.54, 1.807) is 25.1 Å². The van der Waals surface area contributed by atoms with Crippen LogP contribution >= 0.6 is 0 Å². The van der Waals surface area contributed by atoms with Crippen LogP contribution in [0.4, 0.5) is 4.39 Å². The van der Waals surface area contributed by atoms with Crippen molar-refractivity contribution in [3.8, 4) is 0 Å². The normalized spacial score (nSPS) is 30.0. The van der Waals surface area contributed by atoms with Crippen LogP contribution in [0.5, 0.6) is 0 Å². The molecule has 3 heteroatoms. The van der Waals surface area contributed by atoms with Crippen molar-refractivity contribution in [1.29, 1.82) is 0 Å². The molecule has 1 aromatic rings. The highest BCUT2D eigenvalue weighted by Gasteiger charge is 2.56. The van der Waals surface area contributed by atoms with E-state index in [1.807, 2.05) is 0 Å². The fraction of sp³-hybridized carbons (Fsp3) is 0.364. The molecule has 1 aliphatic rings. The average molecular weight is 194 g/mol. The fourth-order valence-electron chi connectivity index (χ4n) is 1.95. The first-order valence-electron chi connectivity index (χ1n) is 4.53. The van der Waals surface area contributed by atoms with Crippen LogP contribution in [0.25, 0.3) is 0 Å². The Balaban J connectivity index is 2.34. The predicted octanol–water partition coefficient (Wildman–Crippen LogP) is 2.19. The summed E-state index contributed by atoms with van der Waals surface area (Å²) in [7, 11) is 0. The molecular formula is C11H11FO2. The molecule has 1 aromatic carbocycles. The Hall–Kier alpha value is -1.38. The number of carbonyl (C=O) groups is 1. The molecule has 74 valence electrons. The summed E-state index contributed by atoms with van der Waals surface area (Å²) in [5.74, 6) is -1.58. The standard InChI is InChI=1S/C11H11FO2/c1-11(6-8(11)10(13)14)7-4-2-3-5-9(7)12/h2-5,8H,6H2,1H3,(H,13,14)/t8-,11?/m0/s1. The molecule has 0 saturated heterocycles. The van der Waals surface area contributed by atoms with Crippen molar-refractivity contribution >= 4 is 5.97 Å². The highest BCUT2D eigenvalue weighted by Crippen LogP contribution is 2.54. The molecule has 0 radical (unpaired) electrons. The number of halogens is 1. The van der Waals surface area contributed by atoms with Crippen LogP contribution in [0.1, 0.15) is 18.9 Å². The first-order valence-corrected chi connectivity index (χ1v) is 4.53. The third-order valence-corrected chi connectivity index (χ3v) is 3.02. The van der Waals surface area contributed by atoms with Crippen LogP contribution in [0, 0.1) is 11.7 Å². The molecule has 0 spiro atoms. The smallest absolute Gasteiger partial charge is 0.307 e. The lowest BCUT2D eigenvalue weighted by molar-refractivity contribution is -0.138. The minimum atomic E-state index is -0.837. The summed E-state index contributed by atoms with van der Waals surface area (Å²) in [6.07, 6.45) is 0.531. The number of benzene rings is 1. The maximum Gasteiger partial charge on any atom is 0.307 e. The third-order valence-electron chi connectivity index (χ3n) is 3.02. The second-order valence-electron chi connectivity index (χ2n) is 3.99. The first kappa shape index (κ1) is 9.19. The van der Waals surface area contributed by atoms with Gasteiger partial charge in [-0.1, -0.05) is 25.1 Å². The molecule has 0 bridgehead atoms. The lowest BCUT2D eigenvalue weighted by atomic mass is 9.95. The molecule has 14 heavy (non-hydrogen) atoms. The quantitative estimate of drug-likeness (QED) is 0.783. The van der Waals surface area contributed by atoms with E-state index in [2.05, 4.69) is 0 Å². The maximum absolute atomic E-state index is 13.4. The second kappa shape index (κ2) is 2.80. The molecular weight excluding hydrogens is 183 g/mol. The van der Waals surface area contributed by atoms with Gasteiger partial charge in [-0.05, 0) is 18.1 Å². The van der Waals surface area contributed by atoms with E-state index in [0.717, 1.165) is 0 Å². The van der Waals surface area contributed by atoms with Crippen molar-refractivity contribution in [3.63, 3.8) is 0 Å². The summed E-state index contributed by atoms with van der Waals surface area (Å²) in [6.45, 7) is 1.80. The molecule has 2 rings (SSSR count). The van der Waals surface area contributed by atoms with Crippen LogP contribution in [-0.2, 0) is 10.2 Å². The molecule has 0 aliphatic heterocycles. The van der Waals surface area contributed by atoms with Gasteiger partial charge in [-0.15, -0.1) is 0 Å². The van der Waals surface area contributed by atoms with Crippen LogP contribution in [0.3, 0.4) is 0 Å². The average Bonchev–Trinajstić information content (AvgIpc) is 2.80. The predicted molar refractivity (Wildman–Crippen MR) is 49.5 cm³/mol. The Kier molecular flexibility index (Phi) is 1.84. The Bertz CT molecular complexity index is 389. The molecule has 1 unspecified atom stereocenters. The Morgan fingerprint density at radius 1 is 1.57 bits per heavy atom. The van der Waals surface area contributed by atoms with E-state index in [4.69, 9.17) is 5.11 Å². The minimum Gasteiger partial charge on any atom is -0.481 e. The molecule has 1 saturated carbocycles. The molecule has 2 nitrogen and oxygen atoms in total. The Labute approximate surface area is 81.4 Å². The van der Waals surface area contributed by atoms with E-state index in [1.165, 1.54) is 6.07 Å². The lowest BCUT2D eigenvalue weighted by Gasteiger charge is -2.10. The SMILES string of the molecule is CC1(c2ccccc2F)C[C@H]1C(=O)O. The second-order valence-corrected chi connectivity index (χ2v) is 3.99. The largest absolute Gasteiger partial charge is 0.481 e. The van der Waals surface area contributed by atoms with E-state index in [-0.39, 0.29) is 5.82 Å². The maximum atomic E-state index is 13.4. The van der Waals surface area contributed by atoms with Gasteiger partial charge in [-0.25, -0.2) is 4.39 Å². The van der Waals surface area contributed by atoms with Crippen molar-refractivity contribution in [3.05, 3.63) is 35.6 Å². The van der Waals surface area contributed by atoms with Crippen molar-refractivity contribution < 1.29 is 14.3 Å². The highest BCUT2D eigenvalue weighted by molar-refractivity contribution is 5.77. The highest BCUT2D eigenvalue weighted by atomic mass is 19.1. The fourth-order valence-corrected chi connectivity index (χ4v) is 1.95. The number of carboxylic acids is 1. The van der Waals surface area contributed by atoms with Gasteiger partial charge < -0.3 is 5.11 Å². The molecule has 2 atom stereocenters. The number of carboxylic acid groups (broad SMARTS) is 1. The zero-order valence-corrected chi connectivity index (χ0v) is 7.83. The van der Waals surface area contributed by atoms with Crippen LogP contribution in [-0.4, -0.2) is 11.1 Å². The molecule has 0 amide bonds. The van der Waals surface area contributed by atoms with Crippen molar-refractivity contribution in [2.24, 2.45) is 5.92 Å². The molecule has 1 aliphatic carbocycles. The van der Waals surface area contributed by atoms with E-state index >= 15 is 0 Å². The zero-order valence-electron chi connectivity index (χ0n) is 7.83. The summed E-state index contributed by atoms with van der Waals surface area (Å²) in [5, 5.41) is 8.82. The van der Waals surface area contributed by atoms with Gasteiger partial charge in [0.2, 0.25) is 0 Å². The Morgan fingerprint density at radius 3 is 2.71 bits per heavy atom.